The van der Waals surface area contributed by atoms with E-state index in [1.54, 1.807) is 0 Å². The summed E-state index contributed by atoms with van der Waals surface area (Å²) in [7, 11) is 0. The molecule has 1 aliphatic carbocycles. The van der Waals surface area contributed by atoms with Gasteiger partial charge in [-0.3, -0.25) is 9.59 Å². The summed E-state index contributed by atoms with van der Waals surface area (Å²) < 4.78 is 6.07. The van der Waals surface area contributed by atoms with E-state index in [9.17, 15) is 9.59 Å². The first-order valence-corrected chi connectivity index (χ1v) is 9.88. The van der Waals surface area contributed by atoms with Crippen LogP contribution in [0.3, 0.4) is 0 Å². The minimum Gasteiger partial charge on any atom is -0.376 e. The molecule has 5 nitrogen and oxygen atoms in total. The predicted molar refractivity (Wildman–Crippen MR) is 92.5 cm³/mol. The third kappa shape index (κ3) is 4.11. The Morgan fingerprint density at radius 2 is 1.83 bits per heavy atom. The molecular formula is C19H32N2O3. The Balaban J connectivity index is 1.51. The van der Waals surface area contributed by atoms with Crippen LogP contribution in [-0.2, 0) is 14.3 Å². The van der Waals surface area contributed by atoms with Crippen LogP contribution in [0.25, 0.3) is 0 Å². The fraction of sp³-hybridized carbons (Fsp3) is 0.895. The smallest absolute Gasteiger partial charge is 0.225 e. The van der Waals surface area contributed by atoms with E-state index in [-0.39, 0.29) is 18.1 Å². The number of hydrogen-bond acceptors (Lipinski definition) is 3. The number of piperidine rings is 1. The minimum atomic E-state index is 0.125. The van der Waals surface area contributed by atoms with Crippen molar-refractivity contribution in [1.82, 2.24) is 10.2 Å². The highest BCUT2D eigenvalue weighted by molar-refractivity contribution is 5.79. The van der Waals surface area contributed by atoms with Gasteiger partial charge in [0.15, 0.2) is 0 Å². The fourth-order valence-corrected chi connectivity index (χ4v) is 4.29. The molecule has 2 saturated heterocycles. The topological polar surface area (TPSA) is 58.6 Å². The van der Waals surface area contributed by atoms with Crippen molar-refractivity contribution in [3.05, 3.63) is 0 Å². The van der Waals surface area contributed by atoms with E-state index in [1.165, 1.54) is 6.42 Å². The van der Waals surface area contributed by atoms with Crippen LogP contribution in [-0.4, -0.2) is 48.6 Å². The lowest BCUT2D eigenvalue weighted by molar-refractivity contribution is -0.141. The van der Waals surface area contributed by atoms with Gasteiger partial charge in [-0.05, 0) is 50.9 Å². The number of rotatable bonds is 5. The van der Waals surface area contributed by atoms with Gasteiger partial charge >= 0.3 is 0 Å². The summed E-state index contributed by atoms with van der Waals surface area (Å²) in [4.78, 5) is 26.4. The molecule has 3 rings (SSSR count). The van der Waals surface area contributed by atoms with Crippen molar-refractivity contribution in [2.45, 2.75) is 76.9 Å². The largest absolute Gasteiger partial charge is 0.376 e. The zero-order valence-corrected chi connectivity index (χ0v) is 15.0. The van der Waals surface area contributed by atoms with E-state index < -0.39 is 0 Å². The van der Waals surface area contributed by atoms with Gasteiger partial charge in [-0.2, -0.15) is 0 Å². The first kappa shape index (κ1) is 17.7. The van der Waals surface area contributed by atoms with E-state index in [0.29, 0.717) is 24.2 Å². The molecule has 0 spiro atoms. The van der Waals surface area contributed by atoms with Crippen LogP contribution < -0.4 is 5.32 Å². The highest BCUT2D eigenvalue weighted by Gasteiger charge is 2.38. The summed E-state index contributed by atoms with van der Waals surface area (Å²) in [5, 5.41) is 3.19. The Kier molecular flexibility index (Phi) is 6.14. The predicted octanol–water partition coefficient (Wildman–Crippen LogP) is 2.49. The molecule has 5 heteroatoms. The highest BCUT2D eigenvalue weighted by Crippen LogP contribution is 2.32. The summed E-state index contributed by atoms with van der Waals surface area (Å²) in [6.07, 6.45) is 9.01. The van der Waals surface area contributed by atoms with Gasteiger partial charge in [-0.15, -0.1) is 0 Å². The molecule has 2 unspecified atom stereocenters. The number of amides is 2. The molecular weight excluding hydrogens is 304 g/mol. The maximum atomic E-state index is 12.4. The maximum Gasteiger partial charge on any atom is 0.225 e. The van der Waals surface area contributed by atoms with Gasteiger partial charge in [-0.25, -0.2) is 0 Å². The minimum absolute atomic E-state index is 0.125. The molecule has 2 atom stereocenters. The van der Waals surface area contributed by atoms with Crippen molar-refractivity contribution >= 4 is 11.8 Å². The summed E-state index contributed by atoms with van der Waals surface area (Å²) in [6.45, 7) is 4.54. The summed E-state index contributed by atoms with van der Waals surface area (Å²) >= 11 is 0. The number of carbonyl (C=O) groups is 2. The average Bonchev–Trinajstić information content (AvgIpc) is 2.54. The lowest BCUT2D eigenvalue weighted by Gasteiger charge is -2.42. The van der Waals surface area contributed by atoms with Gasteiger partial charge in [0.25, 0.3) is 0 Å². The van der Waals surface area contributed by atoms with Crippen LogP contribution in [0.5, 0.6) is 0 Å². The van der Waals surface area contributed by atoms with Gasteiger partial charge in [-0.1, -0.05) is 13.3 Å². The average molecular weight is 336 g/mol. The van der Waals surface area contributed by atoms with Gasteiger partial charge in [0, 0.05) is 32.0 Å². The van der Waals surface area contributed by atoms with E-state index in [4.69, 9.17) is 4.74 Å². The molecule has 2 amide bonds. The van der Waals surface area contributed by atoms with Crippen LogP contribution in [0.4, 0.5) is 0 Å². The molecule has 2 heterocycles. The zero-order chi connectivity index (χ0) is 16.9. The monoisotopic (exact) mass is 336 g/mol. The second kappa shape index (κ2) is 8.32. The van der Waals surface area contributed by atoms with E-state index in [0.717, 1.165) is 64.6 Å². The first-order valence-electron chi connectivity index (χ1n) is 9.88. The highest BCUT2D eigenvalue weighted by atomic mass is 16.5. The number of nitrogens with zero attached hydrogens (tertiary/aromatic N) is 1. The Hall–Kier alpha value is -1.10. The maximum absolute atomic E-state index is 12.4. The van der Waals surface area contributed by atoms with Gasteiger partial charge in [0.2, 0.25) is 11.8 Å². The Morgan fingerprint density at radius 1 is 1.08 bits per heavy atom. The van der Waals surface area contributed by atoms with Crippen LogP contribution >= 0.6 is 0 Å². The number of ether oxygens (including phenoxy) is 1. The molecule has 3 fully saturated rings. The second-order valence-corrected chi connectivity index (χ2v) is 7.69. The van der Waals surface area contributed by atoms with Crippen molar-refractivity contribution in [2.24, 2.45) is 11.8 Å². The molecule has 3 aliphatic rings. The third-order valence-electron chi connectivity index (χ3n) is 5.96. The summed E-state index contributed by atoms with van der Waals surface area (Å²) in [6, 6.07) is 0.150. The number of carbonyl (C=O) groups excluding carboxylic acids is 2. The molecule has 24 heavy (non-hydrogen) atoms. The Morgan fingerprint density at radius 3 is 2.46 bits per heavy atom. The number of likely N-dealkylation sites (tertiary alicyclic amines) is 1. The van der Waals surface area contributed by atoms with Crippen molar-refractivity contribution in [3.8, 4) is 0 Å². The molecule has 0 aromatic rings. The van der Waals surface area contributed by atoms with Gasteiger partial charge in [0.05, 0.1) is 12.1 Å². The van der Waals surface area contributed by atoms with Crippen LogP contribution in [0, 0.1) is 11.8 Å². The fourth-order valence-electron chi connectivity index (χ4n) is 4.29. The van der Waals surface area contributed by atoms with Crippen molar-refractivity contribution in [1.29, 1.82) is 0 Å². The van der Waals surface area contributed by atoms with Crippen LogP contribution in [0.2, 0.25) is 0 Å². The quantitative estimate of drug-likeness (QED) is 0.839. The molecule has 1 N–H and O–H groups in total. The van der Waals surface area contributed by atoms with E-state index in [1.807, 2.05) is 6.92 Å². The van der Waals surface area contributed by atoms with E-state index >= 15 is 0 Å². The number of hydrogen-bond donors (Lipinski definition) is 1. The second-order valence-electron chi connectivity index (χ2n) is 7.69. The van der Waals surface area contributed by atoms with Crippen molar-refractivity contribution in [3.63, 3.8) is 0 Å². The molecule has 0 bridgehead atoms. The third-order valence-corrected chi connectivity index (χ3v) is 5.96. The molecule has 1 saturated carbocycles. The standard InChI is InChI=1S/C19H32N2O3/c1-2-5-17(22)20-16-8-4-13-24-18(16)14-9-11-21(12-10-14)19(23)15-6-3-7-15/h14-16,18H,2-13H2,1H3,(H,20,22). The number of nitrogens with one attached hydrogen (secondary N) is 1. The summed E-state index contributed by atoms with van der Waals surface area (Å²) in [5.41, 5.74) is 0. The van der Waals surface area contributed by atoms with Gasteiger partial charge in [0.1, 0.15) is 0 Å². The van der Waals surface area contributed by atoms with Crippen LogP contribution in [0.15, 0.2) is 0 Å². The lowest BCUT2D eigenvalue weighted by atomic mass is 9.81. The van der Waals surface area contributed by atoms with E-state index in [2.05, 4.69) is 10.2 Å². The molecule has 0 aromatic heterocycles. The van der Waals surface area contributed by atoms with Gasteiger partial charge < -0.3 is 15.0 Å². The Bertz CT molecular complexity index is 442. The Labute approximate surface area is 145 Å². The first-order chi connectivity index (χ1) is 11.7. The zero-order valence-electron chi connectivity index (χ0n) is 15.0. The SMILES string of the molecule is CCCC(=O)NC1CCCOC1C1CCN(C(=O)C2CCC2)CC1. The van der Waals surface area contributed by atoms with Crippen molar-refractivity contribution in [2.75, 3.05) is 19.7 Å². The van der Waals surface area contributed by atoms with Crippen molar-refractivity contribution < 1.29 is 14.3 Å². The lowest BCUT2D eigenvalue weighted by Crippen LogP contribution is -2.53. The molecule has 2 aliphatic heterocycles. The molecule has 0 aromatic carbocycles. The summed E-state index contributed by atoms with van der Waals surface area (Å²) in [5.74, 6) is 1.28. The molecule has 136 valence electrons. The molecule has 0 radical (unpaired) electrons. The van der Waals surface area contributed by atoms with Crippen LogP contribution in [0.1, 0.15) is 64.7 Å². The normalized spacial score (nSPS) is 29.1.